The predicted octanol–water partition coefficient (Wildman–Crippen LogP) is 3.03. The molecule has 0 aromatic heterocycles. The lowest BCUT2D eigenvalue weighted by molar-refractivity contribution is -0.384. The lowest BCUT2D eigenvalue weighted by atomic mass is 10.3. The number of amides is 1. The van der Waals surface area contributed by atoms with E-state index in [4.69, 9.17) is 0 Å². The van der Waals surface area contributed by atoms with Crippen molar-refractivity contribution < 1.29 is 14.8 Å². The largest absolute Gasteiger partial charge is 0.508 e. The number of nitrogens with zero attached hydrogens (tertiary/aromatic N) is 1. The highest BCUT2D eigenvalue weighted by molar-refractivity contribution is 8.00. The zero-order valence-electron chi connectivity index (χ0n) is 10.9. The van der Waals surface area contributed by atoms with Crippen molar-refractivity contribution in [1.82, 2.24) is 0 Å². The number of nitro benzene ring substituents is 1. The predicted molar refractivity (Wildman–Crippen MR) is 80.6 cm³/mol. The van der Waals surface area contributed by atoms with Gasteiger partial charge in [-0.25, -0.2) is 0 Å². The van der Waals surface area contributed by atoms with Crippen molar-refractivity contribution in [3.63, 3.8) is 0 Å². The second-order valence-electron chi connectivity index (χ2n) is 4.14. The van der Waals surface area contributed by atoms with Crippen LogP contribution < -0.4 is 5.32 Å². The van der Waals surface area contributed by atoms with Crippen LogP contribution in [-0.4, -0.2) is 21.7 Å². The van der Waals surface area contributed by atoms with Crippen LogP contribution in [0.25, 0.3) is 0 Å². The highest BCUT2D eigenvalue weighted by Gasteiger charge is 2.07. The Bertz CT molecular complexity index is 658. The van der Waals surface area contributed by atoms with Gasteiger partial charge in [0.05, 0.1) is 10.7 Å². The molecule has 7 heteroatoms. The van der Waals surface area contributed by atoms with Gasteiger partial charge in [0.15, 0.2) is 0 Å². The Kier molecular flexibility index (Phi) is 4.78. The molecule has 0 radical (unpaired) electrons. The van der Waals surface area contributed by atoms with Crippen molar-refractivity contribution >= 4 is 29.0 Å². The first kappa shape index (κ1) is 14.9. The fourth-order valence-corrected chi connectivity index (χ4v) is 2.33. The number of hydrogen-bond donors (Lipinski definition) is 2. The van der Waals surface area contributed by atoms with Gasteiger partial charge in [0.25, 0.3) is 5.69 Å². The first-order valence-electron chi connectivity index (χ1n) is 6.01. The minimum absolute atomic E-state index is 0.0258. The van der Waals surface area contributed by atoms with Crippen LogP contribution >= 0.6 is 11.8 Å². The third-order valence-electron chi connectivity index (χ3n) is 2.55. The summed E-state index contributed by atoms with van der Waals surface area (Å²) in [5, 5.41) is 22.5. The standard InChI is InChI=1S/C14H12N2O4S/c17-12-2-1-3-13(8-12)21-9-14(18)15-10-4-6-11(7-5-10)16(19)20/h1-8,17H,9H2,(H,15,18). The number of thioether (sulfide) groups is 1. The average Bonchev–Trinajstić information content (AvgIpc) is 2.46. The Morgan fingerprint density at radius 3 is 2.57 bits per heavy atom. The van der Waals surface area contributed by atoms with E-state index < -0.39 is 4.92 Å². The van der Waals surface area contributed by atoms with E-state index in [-0.39, 0.29) is 23.1 Å². The van der Waals surface area contributed by atoms with Crippen LogP contribution in [0.15, 0.2) is 53.4 Å². The lowest BCUT2D eigenvalue weighted by Crippen LogP contribution is -2.13. The number of phenolic OH excluding ortho intramolecular Hbond substituents is 1. The quantitative estimate of drug-likeness (QED) is 0.503. The van der Waals surface area contributed by atoms with Gasteiger partial charge in [0.2, 0.25) is 5.91 Å². The van der Waals surface area contributed by atoms with Crippen LogP contribution in [-0.2, 0) is 4.79 Å². The second-order valence-corrected chi connectivity index (χ2v) is 5.19. The number of carbonyl (C=O) groups excluding carboxylic acids is 1. The van der Waals surface area contributed by atoms with E-state index >= 15 is 0 Å². The molecule has 2 aromatic carbocycles. The third kappa shape index (κ3) is 4.50. The molecule has 1 amide bonds. The maximum atomic E-state index is 11.8. The number of hydrogen-bond acceptors (Lipinski definition) is 5. The monoisotopic (exact) mass is 304 g/mol. The molecule has 108 valence electrons. The number of aromatic hydroxyl groups is 1. The van der Waals surface area contributed by atoms with Crippen LogP contribution in [0.3, 0.4) is 0 Å². The summed E-state index contributed by atoms with van der Waals surface area (Å²) in [6.45, 7) is 0. The molecule has 0 fully saturated rings. The molecule has 0 aliphatic heterocycles. The molecular weight excluding hydrogens is 292 g/mol. The van der Waals surface area contributed by atoms with Crippen molar-refractivity contribution in [1.29, 1.82) is 0 Å². The van der Waals surface area contributed by atoms with Gasteiger partial charge in [-0.2, -0.15) is 0 Å². The van der Waals surface area contributed by atoms with E-state index in [9.17, 15) is 20.0 Å². The van der Waals surface area contributed by atoms with Crippen LogP contribution in [0.2, 0.25) is 0 Å². The molecule has 21 heavy (non-hydrogen) atoms. The van der Waals surface area contributed by atoms with Crippen molar-refractivity contribution in [2.24, 2.45) is 0 Å². The minimum atomic E-state index is -0.497. The van der Waals surface area contributed by atoms with Crippen molar-refractivity contribution in [3.05, 3.63) is 58.6 Å². The van der Waals surface area contributed by atoms with E-state index in [1.54, 1.807) is 24.3 Å². The highest BCUT2D eigenvalue weighted by atomic mass is 32.2. The Labute approximate surface area is 125 Å². The van der Waals surface area contributed by atoms with E-state index in [0.29, 0.717) is 5.69 Å². The van der Waals surface area contributed by atoms with E-state index in [0.717, 1.165) is 4.90 Å². The van der Waals surface area contributed by atoms with Crippen molar-refractivity contribution in [2.45, 2.75) is 4.90 Å². The molecule has 0 saturated carbocycles. The first-order chi connectivity index (χ1) is 10.0. The molecule has 0 unspecified atom stereocenters. The molecule has 6 nitrogen and oxygen atoms in total. The normalized spacial score (nSPS) is 10.1. The maximum absolute atomic E-state index is 11.8. The number of nitrogens with one attached hydrogen (secondary N) is 1. The van der Waals surface area contributed by atoms with Crippen LogP contribution in [0.5, 0.6) is 5.75 Å². The number of benzene rings is 2. The third-order valence-corrected chi connectivity index (χ3v) is 3.54. The number of rotatable bonds is 5. The smallest absolute Gasteiger partial charge is 0.269 e. The summed E-state index contributed by atoms with van der Waals surface area (Å²) >= 11 is 1.29. The topological polar surface area (TPSA) is 92.5 Å². The molecular formula is C14H12N2O4S. The summed E-state index contributed by atoms with van der Waals surface area (Å²) in [4.78, 5) is 22.6. The number of phenols is 1. The molecule has 0 saturated heterocycles. The highest BCUT2D eigenvalue weighted by Crippen LogP contribution is 2.22. The average molecular weight is 304 g/mol. The molecule has 0 atom stereocenters. The summed E-state index contributed by atoms with van der Waals surface area (Å²) in [6.07, 6.45) is 0. The van der Waals surface area contributed by atoms with Gasteiger partial charge in [-0.1, -0.05) is 6.07 Å². The Morgan fingerprint density at radius 2 is 1.95 bits per heavy atom. The molecule has 2 N–H and O–H groups in total. The molecule has 2 rings (SSSR count). The number of anilines is 1. The molecule has 0 heterocycles. The number of non-ortho nitro benzene ring substituents is 1. The van der Waals surface area contributed by atoms with Gasteiger partial charge in [0, 0.05) is 22.7 Å². The summed E-state index contributed by atoms with van der Waals surface area (Å²) < 4.78 is 0. The van der Waals surface area contributed by atoms with Gasteiger partial charge in [0.1, 0.15) is 5.75 Å². The molecule has 0 bridgehead atoms. The lowest BCUT2D eigenvalue weighted by Gasteiger charge is -2.05. The molecule has 0 aliphatic rings. The summed E-state index contributed by atoms with van der Waals surface area (Å²) in [5.74, 6) is 0.105. The fourth-order valence-electron chi connectivity index (χ4n) is 1.59. The SMILES string of the molecule is O=C(CSc1cccc(O)c1)Nc1ccc([N+](=O)[O-])cc1. The van der Waals surface area contributed by atoms with Gasteiger partial charge in [-0.05, 0) is 30.3 Å². The van der Waals surface area contributed by atoms with E-state index in [1.807, 2.05) is 0 Å². The minimum Gasteiger partial charge on any atom is -0.508 e. The van der Waals surface area contributed by atoms with E-state index in [2.05, 4.69) is 5.32 Å². The van der Waals surface area contributed by atoms with Crippen molar-refractivity contribution in [2.75, 3.05) is 11.1 Å². The Hall–Kier alpha value is -2.54. The van der Waals surface area contributed by atoms with Gasteiger partial charge >= 0.3 is 0 Å². The molecule has 0 spiro atoms. The van der Waals surface area contributed by atoms with Crippen LogP contribution in [0, 0.1) is 10.1 Å². The summed E-state index contributed by atoms with van der Waals surface area (Å²) in [6, 6.07) is 12.3. The fraction of sp³-hybridized carbons (Fsp3) is 0.0714. The first-order valence-corrected chi connectivity index (χ1v) is 6.99. The summed E-state index contributed by atoms with van der Waals surface area (Å²) in [5.41, 5.74) is 0.476. The van der Waals surface area contributed by atoms with Gasteiger partial charge in [-0.3, -0.25) is 14.9 Å². The number of carbonyl (C=O) groups is 1. The zero-order chi connectivity index (χ0) is 15.2. The second kappa shape index (κ2) is 6.76. The van der Waals surface area contributed by atoms with E-state index in [1.165, 1.54) is 36.0 Å². The Balaban J connectivity index is 1.88. The van der Waals surface area contributed by atoms with Gasteiger partial charge < -0.3 is 10.4 Å². The molecule has 0 aliphatic carbocycles. The summed E-state index contributed by atoms with van der Waals surface area (Å²) in [7, 11) is 0. The zero-order valence-corrected chi connectivity index (χ0v) is 11.7. The molecule has 2 aromatic rings. The van der Waals surface area contributed by atoms with Crippen LogP contribution in [0.1, 0.15) is 0 Å². The number of nitro groups is 1. The Morgan fingerprint density at radius 1 is 1.24 bits per heavy atom. The van der Waals surface area contributed by atoms with Gasteiger partial charge in [-0.15, -0.1) is 11.8 Å². The van der Waals surface area contributed by atoms with Crippen LogP contribution in [0.4, 0.5) is 11.4 Å². The van der Waals surface area contributed by atoms with Crippen molar-refractivity contribution in [3.8, 4) is 5.75 Å². The maximum Gasteiger partial charge on any atom is 0.269 e.